The second-order valence-electron chi connectivity index (χ2n) is 7.48. The van der Waals surface area contributed by atoms with Gasteiger partial charge in [0, 0.05) is 18.7 Å². The summed E-state index contributed by atoms with van der Waals surface area (Å²) >= 11 is 0. The summed E-state index contributed by atoms with van der Waals surface area (Å²) in [6.07, 6.45) is 3.09. The minimum atomic E-state index is -3.83. The van der Waals surface area contributed by atoms with Gasteiger partial charge in [-0.25, -0.2) is 18.2 Å². The minimum absolute atomic E-state index is 0.0722. The Morgan fingerprint density at radius 2 is 1.91 bits per heavy atom. The van der Waals surface area contributed by atoms with E-state index >= 15 is 0 Å². The van der Waals surface area contributed by atoms with Crippen LogP contribution in [0.4, 0.5) is 5.88 Å². The van der Waals surface area contributed by atoms with Crippen LogP contribution in [-0.4, -0.2) is 42.3 Å². The summed E-state index contributed by atoms with van der Waals surface area (Å²) in [4.78, 5) is 26.7. The van der Waals surface area contributed by atoms with E-state index in [2.05, 4.69) is 15.6 Å². The second kappa shape index (κ2) is 9.32. The van der Waals surface area contributed by atoms with Gasteiger partial charge in [-0.05, 0) is 36.2 Å². The van der Waals surface area contributed by atoms with Crippen LogP contribution in [0.2, 0.25) is 0 Å². The van der Waals surface area contributed by atoms with Crippen LogP contribution in [0, 0.1) is 5.92 Å². The van der Waals surface area contributed by atoms with Crippen molar-refractivity contribution in [3.05, 3.63) is 60.1 Å². The normalized spacial score (nSPS) is 12.5. The Morgan fingerprint density at radius 1 is 1.22 bits per heavy atom. The van der Waals surface area contributed by atoms with Crippen LogP contribution in [0.15, 0.2) is 58.2 Å². The van der Waals surface area contributed by atoms with Crippen LogP contribution in [-0.2, 0) is 21.4 Å². The third-order valence-electron chi connectivity index (χ3n) is 4.77. The van der Waals surface area contributed by atoms with Crippen molar-refractivity contribution in [2.24, 2.45) is 11.1 Å². The third-order valence-corrected chi connectivity index (χ3v) is 5.70. The van der Waals surface area contributed by atoms with E-state index in [-0.39, 0.29) is 28.8 Å². The fraction of sp³-hybridized carbons (Fsp3) is 0.300. The van der Waals surface area contributed by atoms with Crippen molar-refractivity contribution in [2.45, 2.75) is 31.3 Å². The average Bonchev–Trinajstić information content (AvgIpc) is 3.43. The van der Waals surface area contributed by atoms with E-state index in [1.165, 1.54) is 40.1 Å². The summed E-state index contributed by atoms with van der Waals surface area (Å²) in [5, 5.41) is 15.9. The number of rotatable bonds is 8. The molecule has 11 nitrogen and oxygen atoms in total. The van der Waals surface area contributed by atoms with Crippen molar-refractivity contribution < 1.29 is 22.4 Å². The van der Waals surface area contributed by atoms with Crippen LogP contribution in [0.1, 0.15) is 35.9 Å². The zero-order chi connectivity index (χ0) is 23.5. The molecule has 0 aliphatic heterocycles. The first-order valence-corrected chi connectivity index (χ1v) is 11.3. The van der Waals surface area contributed by atoms with Crippen molar-refractivity contribution in [3.63, 3.8) is 0 Å². The van der Waals surface area contributed by atoms with Gasteiger partial charge in [0.1, 0.15) is 11.7 Å². The number of hydrogen-bond acceptors (Lipinski definition) is 7. The van der Waals surface area contributed by atoms with E-state index in [9.17, 15) is 18.0 Å². The molecule has 0 spiro atoms. The lowest BCUT2D eigenvalue weighted by Crippen LogP contribution is -2.37. The number of nitrogens with zero attached hydrogens (tertiary/aromatic N) is 4. The summed E-state index contributed by atoms with van der Waals surface area (Å²) in [6.45, 7) is 3.86. The molecule has 12 heteroatoms. The monoisotopic (exact) mass is 460 g/mol. The molecule has 0 radical (unpaired) electrons. The Kier molecular flexibility index (Phi) is 6.75. The zero-order valence-corrected chi connectivity index (χ0v) is 18.6. The highest BCUT2D eigenvalue weighted by Gasteiger charge is 2.30. The lowest BCUT2D eigenvalue weighted by molar-refractivity contribution is -0.123. The number of nitrogens with two attached hydrogens (primary N) is 1. The number of furan rings is 1. The lowest BCUT2D eigenvalue weighted by Gasteiger charge is -2.24. The van der Waals surface area contributed by atoms with Gasteiger partial charge in [0.05, 0.1) is 23.9 Å². The molecule has 2 aromatic heterocycles. The highest BCUT2D eigenvalue weighted by Crippen LogP contribution is 2.23. The number of carbonyl (C=O) groups is 2. The molecule has 3 rings (SSSR count). The Labute approximate surface area is 185 Å². The summed E-state index contributed by atoms with van der Waals surface area (Å²) in [6, 6.07) is 8.01. The van der Waals surface area contributed by atoms with E-state index in [0.717, 1.165) is 0 Å². The first-order valence-electron chi connectivity index (χ1n) is 9.70. The largest absolute Gasteiger partial charge is 0.448 e. The zero-order valence-electron chi connectivity index (χ0n) is 17.8. The van der Waals surface area contributed by atoms with E-state index in [1.54, 1.807) is 25.4 Å². The molecule has 3 aromatic rings. The minimum Gasteiger partial charge on any atom is -0.448 e. The van der Waals surface area contributed by atoms with Gasteiger partial charge in [-0.2, -0.15) is 0 Å². The predicted octanol–water partition coefficient (Wildman–Crippen LogP) is 1.31. The first kappa shape index (κ1) is 23.2. The third kappa shape index (κ3) is 5.21. The standard InChI is InChI=1S/C20H24N6O5S/c1-13(2)18(20(28)25(3)17-5-4-10-31-17)26-12-15(23-24-26)11-22-19(27)14-6-8-16(9-7-14)32(21,29)30/h4-10,12-13,18H,11H2,1-3H3,(H,22,27)(H2,21,29,30)/t18-/m0/s1. The van der Waals surface area contributed by atoms with Crippen molar-refractivity contribution >= 4 is 27.7 Å². The maximum Gasteiger partial charge on any atom is 0.254 e. The molecule has 170 valence electrons. The summed E-state index contributed by atoms with van der Waals surface area (Å²) in [5.41, 5.74) is 0.721. The highest BCUT2D eigenvalue weighted by atomic mass is 32.2. The van der Waals surface area contributed by atoms with E-state index in [0.29, 0.717) is 11.6 Å². The number of amides is 2. The van der Waals surface area contributed by atoms with Gasteiger partial charge in [0.25, 0.3) is 11.8 Å². The molecular weight excluding hydrogens is 436 g/mol. The maximum absolute atomic E-state index is 13.0. The maximum atomic E-state index is 13.0. The molecule has 0 saturated carbocycles. The fourth-order valence-corrected chi connectivity index (χ4v) is 3.59. The second-order valence-corrected chi connectivity index (χ2v) is 9.04. The van der Waals surface area contributed by atoms with Gasteiger partial charge in [-0.15, -0.1) is 5.10 Å². The summed E-state index contributed by atoms with van der Waals surface area (Å²) in [5.74, 6) is -0.303. The van der Waals surface area contributed by atoms with Crippen molar-refractivity contribution in [1.29, 1.82) is 0 Å². The molecule has 0 saturated heterocycles. The Hall–Kier alpha value is -3.51. The van der Waals surface area contributed by atoms with Crippen molar-refractivity contribution in [2.75, 3.05) is 11.9 Å². The highest BCUT2D eigenvalue weighted by molar-refractivity contribution is 7.89. The molecule has 0 fully saturated rings. The van der Waals surface area contributed by atoms with Gasteiger partial charge in [0.15, 0.2) is 0 Å². The van der Waals surface area contributed by atoms with Crippen LogP contribution in [0.3, 0.4) is 0 Å². The molecule has 0 unspecified atom stereocenters. The number of likely N-dealkylation sites (N-methyl/N-ethyl adjacent to an activating group) is 1. The van der Waals surface area contributed by atoms with Gasteiger partial charge < -0.3 is 9.73 Å². The molecule has 2 amide bonds. The number of hydrogen-bond donors (Lipinski definition) is 2. The van der Waals surface area contributed by atoms with Gasteiger partial charge >= 0.3 is 0 Å². The van der Waals surface area contributed by atoms with Gasteiger partial charge in [-0.1, -0.05) is 19.1 Å². The molecule has 0 bridgehead atoms. The Morgan fingerprint density at radius 3 is 2.47 bits per heavy atom. The van der Waals surface area contributed by atoms with Crippen molar-refractivity contribution in [3.8, 4) is 0 Å². The van der Waals surface area contributed by atoms with E-state index < -0.39 is 22.0 Å². The summed E-state index contributed by atoms with van der Waals surface area (Å²) in [7, 11) is -2.21. The number of aromatic nitrogens is 3. The quantitative estimate of drug-likeness (QED) is 0.514. The molecule has 0 aliphatic rings. The van der Waals surface area contributed by atoms with E-state index in [1.807, 2.05) is 13.8 Å². The SMILES string of the molecule is CC(C)[C@@H](C(=O)N(C)c1ccco1)n1cc(CNC(=O)c2ccc(S(N)(=O)=O)cc2)nn1. The first-order chi connectivity index (χ1) is 15.1. The average molecular weight is 461 g/mol. The van der Waals surface area contributed by atoms with Crippen LogP contribution >= 0.6 is 0 Å². The van der Waals surface area contributed by atoms with Crippen LogP contribution < -0.4 is 15.4 Å². The number of nitrogens with one attached hydrogen (secondary N) is 1. The number of carbonyl (C=O) groups excluding carboxylic acids is 2. The number of sulfonamides is 1. The lowest BCUT2D eigenvalue weighted by atomic mass is 10.0. The Bertz CT molecular complexity index is 1190. The van der Waals surface area contributed by atoms with Crippen LogP contribution in [0.5, 0.6) is 0 Å². The fourth-order valence-electron chi connectivity index (χ4n) is 3.07. The number of primary sulfonamides is 1. The van der Waals surface area contributed by atoms with Crippen LogP contribution in [0.25, 0.3) is 0 Å². The number of benzene rings is 1. The van der Waals surface area contributed by atoms with E-state index in [4.69, 9.17) is 9.56 Å². The molecule has 2 heterocycles. The smallest absolute Gasteiger partial charge is 0.254 e. The molecule has 1 atom stereocenters. The molecule has 32 heavy (non-hydrogen) atoms. The van der Waals surface area contributed by atoms with Gasteiger partial charge in [0.2, 0.25) is 15.9 Å². The topological polar surface area (TPSA) is 153 Å². The molecule has 1 aromatic carbocycles. The van der Waals surface area contributed by atoms with Crippen molar-refractivity contribution in [1.82, 2.24) is 20.3 Å². The molecular formula is C20H24N6O5S. The summed E-state index contributed by atoms with van der Waals surface area (Å²) < 4.78 is 29.4. The predicted molar refractivity (Wildman–Crippen MR) is 115 cm³/mol. The molecule has 0 aliphatic carbocycles. The Balaban J connectivity index is 1.67. The molecule has 3 N–H and O–H groups in total. The van der Waals surface area contributed by atoms with Gasteiger partial charge in [-0.3, -0.25) is 14.5 Å². The number of anilines is 1.